The predicted octanol–water partition coefficient (Wildman–Crippen LogP) is 3.36. The summed E-state index contributed by atoms with van der Waals surface area (Å²) in [6.07, 6.45) is 0.248. The fraction of sp³-hybridized carbons (Fsp3) is 0.440. The number of nitrogens with zero attached hydrogens (tertiary/aromatic N) is 3. The van der Waals surface area contributed by atoms with Crippen LogP contribution in [0.25, 0.3) is 0 Å². The molecule has 1 N–H and O–H groups in total. The zero-order valence-electron chi connectivity index (χ0n) is 18.9. The summed E-state index contributed by atoms with van der Waals surface area (Å²) in [6.45, 7) is 10.7. The van der Waals surface area contributed by atoms with Crippen molar-refractivity contribution < 1.29 is 9.59 Å². The number of hydrogen-bond acceptors (Lipinski definition) is 4. The van der Waals surface area contributed by atoms with E-state index in [0.29, 0.717) is 6.54 Å². The quantitative estimate of drug-likeness (QED) is 0.824. The maximum Gasteiger partial charge on any atom is 0.229 e. The van der Waals surface area contributed by atoms with Gasteiger partial charge in [0.1, 0.15) is 0 Å². The van der Waals surface area contributed by atoms with Crippen LogP contribution >= 0.6 is 0 Å². The number of amides is 2. The van der Waals surface area contributed by atoms with Gasteiger partial charge in [0.25, 0.3) is 0 Å². The van der Waals surface area contributed by atoms with Gasteiger partial charge in [-0.15, -0.1) is 0 Å². The molecule has 1 atom stereocenters. The van der Waals surface area contributed by atoms with Crippen molar-refractivity contribution in [2.75, 3.05) is 54.9 Å². The molecule has 2 aliphatic rings. The third-order valence-electron chi connectivity index (χ3n) is 6.70. The van der Waals surface area contributed by atoms with E-state index in [1.54, 1.807) is 4.90 Å². The summed E-state index contributed by atoms with van der Waals surface area (Å²) in [4.78, 5) is 32.1. The van der Waals surface area contributed by atoms with E-state index in [9.17, 15) is 9.59 Å². The average molecular weight is 421 g/mol. The summed E-state index contributed by atoms with van der Waals surface area (Å²) in [5, 5.41) is 3.06. The van der Waals surface area contributed by atoms with Crippen LogP contribution in [0.15, 0.2) is 36.4 Å². The van der Waals surface area contributed by atoms with Crippen molar-refractivity contribution in [2.45, 2.75) is 27.2 Å². The van der Waals surface area contributed by atoms with Gasteiger partial charge in [0.2, 0.25) is 11.8 Å². The molecule has 2 aliphatic heterocycles. The van der Waals surface area contributed by atoms with Crippen LogP contribution < -0.4 is 15.1 Å². The molecule has 6 heteroatoms. The minimum atomic E-state index is -0.343. The molecule has 6 nitrogen and oxygen atoms in total. The molecule has 0 bridgehead atoms. The molecular formula is C25H32N4O2. The van der Waals surface area contributed by atoms with Crippen molar-refractivity contribution in [3.63, 3.8) is 0 Å². The molecule has 2 aromatic carbocycles. The van der Waals surface area contributed by atoms with E-state index in [1.165, 1.54) is 5.69 Å². The Hall–Kier alpha value is -2.86. The van der Waals surface area contributed by atoms with E-state index < -0.39 is 0 Å². The highest BCUT2D eigenvalue weighted by Gasteiger charge is 2.36. The molecule has 0 unspecified atom stereocenters. The molecule has 0 aliphatic carbocycles. The number of piperazine rings is 1. The first kappa shape index (κ1) is 21.4. The van der Waals surface area contributed by atoms with Gasteiger partial charge >= 0.3 is 0 Å². The summed E-state index contributed by atoms with van der Waals surface area (Å²) in [6, 6.07) is 12.2. The van der Waals surface area contributed by atoms with Gasteiger partial charge in [-0.25, -0.2) is 0 Å². The molecule has 4 rings (SSSR count). The van der Waals surface area contributed by atoms with Gasteiger partial charge in [-0.1, -0.05) is 12.1 Å². The van der Waals surface area contributed by atoms with Crippen molar-refractivity contribution in [3.8, 4) is 0 Å². The maximum atomic E-state index is 13.0. The number of nitrogens with one attached hydrogen (secondary N) is 1. The Balaban J connectivity index is 1.43. The molecule has 2 fully saturated rings. The van der Waals surface area contributed by atoms with Crippen LogP contribution in [-0.4, -0.2) is 56.5 Å². The van der Waals surface area contributed by atoms with Crippen molar-refractivity contribution in [1.82, 2.24) is 4.90 Å². The Kier molecular flexibility index (Phi) is 6.01. The molecule has 2 saturated heterocycles. The lowest BCUT2D eigenvalue weighted by atomic mass is 10.1. The highest BCUT2D eigenvalue weighted by molar-refractivity contribution is 6.04. The van der Waals surface area contributed by atoms with Gasteiger partial charge in [0.05, 0.1) is 5.92 Å². The molecule has 164 valence electrons. The smallest absolute Gasteiger partial charge is 0.229 e. The molecule has 2 aromatic rings. The third kappa shape index (κ3) is 4.44. The van der Waals surface area contributed by atoms with Gasteiger partial charge in [-0.05, 0) is 68.8 Å². The maximum absolute atomic E-state index is 13.0. The fourth-order valence-corrected chi connectivity index (χ4v) is 4.43. The first-order valence-electron chi connectivity index (χ1n) is 11.0. The van der Waals surface area contributed by atoms with Gasteiger partial charge in [-0.2, -0.15) is 0 Å². The minimum Gasteiger partial charge on any atom is -0.369 e. The van der Waals surface area contributed by atoms with Crippen LogP contribution in [0.1, 0.15) is 23.1 Å². The van der Waals surface area contributed by atoms with Crippen LogP contribution in [0.3, 0.4) is 0 Å². The van der Waals surface area contributed by atoms with Crippen LogP contribution in [0.2, 0.25) is 0 Å². The van der Waals surface area contributed by atoms with Crippen molar-refractivity contribution in [2.24, 2.45) is 5.92 Å². The molecule has 0 saturated carbocycles. The van der Waals surface area contributed by atoms with Crippen molar-refractivity contribution in [1.29, 1.82) is 0 Å². The summed E-state index contributed by atoms with van der Waals surface area (Å²) in [7, 11) is 2.15. The summed E-state index contributed by atoms with van der Waals surface area (Å²) >= 11 is 0. The number of benzene rings is 2. The topological polar surface area (TPSA) is 55.9 Å². The SMILES string of the molecule is Cc1cc(N2CCN(C)CC2)ccc1NC(=O)[C@H]1CC(=O)N(c2cccc(C)c2C)C1. The summed E-state index contributed by atoms with van der Waals surface area (Å²) in [5.41, 5.74) is 6.20. The van der Waals surface area contributed by atoms with E-state index >= 15 is 0 Å². The average Bonchev–Trinajstić information content (AvgIpc) is 3.13. The second-order valence-corrected chi connectivity index (χ2v) is 8.90. The Morgan fingerprint density at radius 3 is 2.45 bits per heavy atom. The molecule has 0 radical (unpaired) electrons. The normalized spacial score (nSPS) is 19.7. The highest BCUT2D eigenvalue weighted by Crippen LogP contribution is 2.30. The summed E-state index contributed by atoms with van der Waals surface area (Å²) < 4.78 is 0. The second-order valence-electron chi connectivity index (χ2n) is 8.90. The van der Waals surface area contributed by atoms with Crippen LogP contribution in [-0.2, 0) is 9.59 Å². The van der Waals surface area contributed by atoms with Crippen LogP contribution in [0.4, 0.5) is 17.1 Å². The van der Waals surface area contributed by atoms with Crippen LogP contribution in [0.5, 0.6) is 0 Å². The van der Waals surface area contributed by atoms with Crippen molar-refractivity contribution >= 4 is 28.9 Å². The van der Waals surface area contributed by atoms with Gasteiger partial charge < -0.3 is 20.0 Å². The zero-order chi connectivity index (χ0) is 22.1. The van der Waals surface area contributed by atoms with E-state index in [1.807, 2.05) is 45.0 Å². The second kappa shape index (κ2) is 8.71. The standard InChI is InChI=1S/C25H32N4O2/c1-17-6-5-7-23(19(17)3)29-16-20(15-24(29)30)25(31)26-22-9-8-21(14-18(22)2)28-12-10-27(4)11-13-28/h5-9,14,20H,10-13,15-16H2,1-4H3,(H,26,31)/t20-/m0/s1. The Bertz CT molecular complexity index is 995. The number of likely N-dealkylation sites (N-methyl/N-ethyl adjacent to an activating group) is 1. The first-order valence-corrected chi connectivity index (χ1v) is 11.0. The van der Waals surface area contributed by atoms with E-state index in [-0.39, 0.29) is 24.2 Å². The van der Waals surface area contributed by atoms with E-state index in [2.05, 4.69) is 34.3 Å². The lowest BCUT2D eigenvalue weighted by molar-refractivity contribution is -0.122. The number of anilines is 3. The molecule has 0 spiro atoms. The molecule has 31 heavy (non-hydrogen) atoms. The highest BCUT2D eigenvalue weighted by atomic mass is 16.2. The monoisotopic (exact) mass is 420 g/mol. The van der Waals surface area contributed by atoms with E-state index in [0.717, 1.165) is 54.2 Å². The molecular weight excluding hydrogens is 388 g/mol. The predicted molar refractivity (Wildman–Crippen MR) is 126 cm³/mol. The third-order valence-corrected chi connectivity index (χ3v) is 6.70. The van der Waals surface area contributed by atoms with Gasteiger partial charge in [0, 0.05) is 56.2 Å². The number of carbonyl (C=O) groups excluding carboxylic acids is 2. The molecule has 2 heterocycles. The largest absolute Gasteiger partial charge is 0.369 e. The van der Waals surface area contributed by atoms with Crippen molar-refractivity contribution in [3.05, 3.63) is 53.1 Å². The first-order chi connectivity index (χ1) is 14.8. The Morgan fingerprint density at radius 2 is 1.74 bits per heavy atom. The number of rotatable bonds is 4. The fourth-order valence-electron chi connectivity index (χ4n) is 4.43. The molecule has 2 amide bonds. The lowest BCUT2D eigenvalue weighted by Gasteiger charge is -2.34. The number of carbonyl (C=O) groups is 2. The Morgan fingerprint density at radius 1 is 1.00 bits per heavy atom. The van der Waals surface area contributed by atoms with E-state index in [4.69, 9.17) is 0 Å². The number of hydrogen-bond donors (Lipinski definition) is 1. The number of aryl methyl sites for hydroxylation is 2. The van der Waals surface area contributed by atoms with Gasteiger partial charge in [-0.3, -0.25) is 9.59 Å². The van der Waals surface area contributed by atoms with Crippen LogP contribution in [0, 0.1) is 26.7 Å². The Labute approximate surface area is 184 Å². The lowest BCUT2D eigenvalue weighted by Crippen LogP contribution is -2.44. The van der Waals surface area contributed by atoms with Gasteiger partial charge in [0.15, 0.2) is 0 Å². The minimum absolute atomic E-state index is 0.0102. The molecule has 0 aromatic heterocycles. The zero-order valence-corrected chi connectivity index (χ0v) is 18.9. The summed E-state index contributed by atoms with van der Waals surface area (Å²) in [5.74, 6) is -0.420.